The smallest absolute Gasteiger partial charge is 0.409 e. The van der Waals surface area contributed by atoms with Gasteiger partial charge in [-0.25, -0.2) is 14.0 Å². The quantitative estimate of drug-likeness (QED) is 0.737. The number of piperidine rings is 1. The molecule has 3 amide bonds. The monoisotopic (exact) mass is 424 g/mol. The summed E-state index contributed by atoms with van der Waals surface area (Å²) in [5, 5.41) is 2.70. The number of hydrogen-bond donors (Lipinski definition) is 1. The van der Waals surface area contributed by atoms with Crippen molar-refractivity contribution in [3.05, 3.63) is 0 Å². The van der Waals surface area contributed by atoms with E-state index in [-0.39, 0.29) is 18.7 Å². The van der Waals surface area contributed by atoms with Crippen molar-refractivity contribution in [2.75, 3.05) is 52.6 Å². The number of urea groups is 1. The van der Waals surface area contributed by atoms with Crippen molar-refractivity contribution in [1.29, 1.82) is 0 Å². The molecule has 0 bridgehead atoms. The maximum atomic E-state index is 12.4. The molecule has 0 aromatic heterocycles. The zero-order chi connectivity index (χ0) is 21.1. The predicted molar refractivity (Wildman–Crippen MR) is 112 cm³/mol. The summed E-state index contributed by atoms with van der Waals surface area (Å²) in [4.78, 5) is 30.8. The Hall–Kier alpha value is -1.57. The maximum absolute atomic E-state index is 12.4. The number of ether oxygens (including phenoxy) is 1. The van der Waals surface area contributed by atoms with Gasteiger partial charge < -0.3 is 24.8 Å². The first kappa shape index (κ1) is 21.7. The summed E-state index contributed by atoms with van der Waals surface area (Å²) in [6.45, 7) is 6.57. The molecule has 3 heterocycles. The van der Waals surface area contributed by atoms with E-state index >= 15 is 0 Å². The van der Waals surface area contributed by atoms with E-state index in [1.165, 1.54) is 12.8 Å². The Bertz CT molecular complexity index is 620. The van der Waals surface area contributed by atoms with Crippen molar-refractivity contribution < 1.29 is 18.7 Å². The lowest BCUT2D eigenvalue weighted by atomic mass is 9.64. The van der Waals surface area contributed by atoms with Crippen molar-refractivity contribution >= 4 is 12.1 Å². The van der Waals surface area contributed by atoms with Crippen LogP contribution in [0.5, 0.6) is 0 Å². The molecule has 1 N–H and O–H groups in total. The largest absolute Gasteiger partial charge is 0.450 e. The maximum Gasteiger partial charge on any atom is 0.409 e. The number of likely N-dealkylation sites (tertiary alicyclic amines) is 3. The first-order valence-corrected chi connectivity index (χ1v) is 11.8. The molecular weight excluding hydrogens is 387 g/mol. The molecule has 8 heteroatoms. The third-order valence-electron chi connectivity index (χ3n) is 7.87. The van der Waals surface area contributed by atoms with Gasteiger partial charge in [-0.05, 0) is 76.3 Å². The summed E-state index contributed by atoms with van der Waals surface area (Å²) in [6, 6.07) is 0.860. The summed E-state index contributed by atoms with van der Waals surface area (Å²) in [7, 11) is 0. The van der Waals surface area contributed by atoms with Crippen LogP contribution in [0.15, 0.2) is 0 Å². The van der Waals surface area contributed by atoms with Gasteiger partial charge in [0.1, 0.15) is 6.67 Å². The average Bonchev–Trinajstić information content (AvgIpc) is 3.39. The molecule has 1 atom stereocenters. The van der Waals surface area contributed by atoms with Crippen LogP contribution in [0.1, 0.15) is 51.9 Å². The van der Waals surface area contributed by atoms with E-state index in [9.17, 15) is 14.0 Å². The summed E-state index contributed by atoms with van der Waals surface area (Å²) in [6.07, 6.45) is 7.72. The van der Waals surface area contributed by atoms with Crippen molar-refractivity contribution in [3.63, 3.8) is 0 Å². The SMILES string of the molecule is CCOC(=O)N1CCC2(CC(N3CCC(C4CCCN4C(=O)NCCF)CC3)C2)C1. The van der Waals surface area contributed by atoms with E-state index < -0.39 is 6.67 Å². The number of nitrogens with one attached hydrogen (secondary N) is 1. The molecule has 0 aromatic carbocycles. The van der Waals surface area contributed by atoms with Crippen LogP contribution in [0.4, 0.5) is 14.0 Å². The fourth-order valence-electron chi connectivity index (χ4n) is 6.30. The van der Waals surface area contributed by atoms with Crippen molar-refractivity contribution in [2.45, 2.75) is 64.0 Å². The predicted octanol–water partition coefficient (Wildman–Crippen LogP) is 2.85. The van der Waals surface area contributed by atoms with Gasteiger partial charge in [0.2, 0.25) is 0 Å². The number of halogens is 1. The Morgan fingerprint density at radius 1 is 1.13 bits per heavy atom. The first-order valence-electron chi connectivity index (χ1n) is 11.8. The number of rotatable bonds is 5. The highest BCUT2D eigenvalue weighted by Crippen LogP contribution is 2.51. The first-order chi connectivity index (χ1) is 14.5. The molecule has 30 heavy (non-hydrogen) atoms. The van der Waals surface area contributed by atoms with Crippen LogP contribution in [0.3, 0.4) is 0 Å². The molecule has 0 aromatic rings. The molecule has 3 aliphatic heterocycles. The molecule has 4 aliphatic rings. The normalized spacial score (nSPS) is 32.5. The van der Waals surface area contributed by atoms with Crippen molar-refractivity contribution in [3.8, 4) is 0 Å². The van der Waals surface area contributed by atoms with E-state index in [0.29, 0.717) is 30.0 Å². The van der Waals surface area contributed by atoms with Gasteiger partial charge in [0.15, 0.2) is 0 Å². The molecule has 1 unspecified atom stereocenters. The van der Waals surface area contributed by atoms with Crippen LogP contribution < -0.4 is 5.32 Å². The molecule has 0 radical (unpaired) electrons. The van der Waals surface area contributed by atoms with E-state index in [1.807, 2.05) is 16.7 Å². The minimum absolute atomic E-state index is 0.0918. The Labute approximate surface area is 179 Å². The standard InChI is InChI=1S/C22H37FN4O3/c1-2-30-21(29)26-13-7-22(16-26)14-18(15-22)25-11-5-17(6-12-25)19-4-3-10-27(19)20(28)24-9-8-23/h17-19H,2-16H2,1H3,(H,24,28). The van der Waals surface area contributed by atoms with Crippen LogP contribution in [-0.4, -0.2) is 91.5 Å². The Kier molecular flexibility index (Phi) is 6.70. The van der Waals surface area contributed by atoms with Crippen molar-refractivity contribution in [1.82, 2.24) is 20.0 Å². The summed E-state index contributed by atoms with van der Waals surface area (Å²) in [5.41, 5.74) is 0.311. The van der Waals surface area contributed by atoms with Crippen LogP contribution in [0, 0.1) is 11.3 Å². The van der Waals surface area contributed by atoms with E-state index in [2.05, 4.69) is 10.2 Å². The fraction of sp³-hybridized carbons (Fsp3) is 0.909. The molecule has 3 saturated heterocycles. The zero-order valence-electron chi connectivity index (χ0n) is 18.3. The summed E-state index contributed by atoms with van der Waals surface area (Å²) >= 11 is 0. The average molecular weight is 425 g/mol. The zero-order valence-corrected chi connectivity index (χ0v) is 18.3. The molecule has 1 spiro atoms. The van der Waals surface area contributed by atoms with Gasteiger partial charge in [0.25, 0.3) is 0 Å². The van der Waals surface area contributed by atoms with Gasteiger partial charge in [0, 0.05) is 38.3 Å². The third kappa shape index (κ3) is 4.39. The molecular formula is C22H37FN4O3. The minimum Gasteiger partial charge on any atom is -0.450 e. The Morgan fingerprint density at radius 3 is 2.60 bits per heavy atom. The van der Waals surface area contributed by atoms with Crippen LogP contribution in [-0.2, 0) is 4.74 Å². The highest BCUT2D eigenvalue weighted by molar-refractivity contribution is 5.74. The Morgan fingerprint density at radius 2 is 1.90 bits per heavy atom. The summed E-state index contributed by atoms with van der Waals surface area (Å²) in [5.74, 6) is 0.555. The third-order valence-corrected chi connectivity index (χ3v) is 7.87. The van der Waals surface area contributed by atoms with Gasteiger partial charge in [0.05, 0.1) is 6.61 Å². The lowest BCUT2D eigenvalue weighted by Crippen LogP contribution is -2.55. The van der Waals surface area contributed by atoms with Crippen LogP contribution in [0.25, 0.3) is 0 Å². The van der Waals surface area contributed by atoms with Crippen LogP contribution in [0.2, 0.25) is 0 Å². The lowest BCUT2D eigenvalue weighted by Gasteiger charge is -2.52. The fourth-order valence-corrected chi connectivity index (χ4v) is 6.30. The molecule has 4 rings (SSSR count). The molecule has 1 aliphatic carbocycles. The molecule has 4 fully saturated rings. The highest BCUT2D eigenvalue weighted by atomic mass is 19.1. The van der Waals surface area contributed by atoms with Gasteiger partial charge in [-0.15, -0.1) is 0 Å². The molecule has 170 valence electrons. The topological polar surface area (TPSA) is 65.1 Å². The van der Waals surface area contributed by atoms with Gasteiger partial charge in [-0.1, -0.05) is 0 Å². The summed E-state index contributed by atoms with van der Waals surface area (Å²) < 4.78 is 17.6. The minimum atomic E-state index is -0.511. The molecule has 7 nitrogen and oxygen atoms in total. The number of nitrogens with zero attached hydrogens (tertiary/aromatic N) is 3. The number of carbonyl (C=O) groups excluding carboxylic acids is 2. The van der Waals surface area contributed by atoms with E-state index in [0.717, 1.165) is 64.8 Å². The lowest BCUT2D eigenvalue weighted by molar-refractivity contribution is -0.0144. The van der Waals surface area contributed by atoms with Gasteiger partial charge in [-0.3, -0.25) is 0 Å². The second-order valence-corrected chi connectivity index (χ2v) is 9.63. The van der Waals surface area contributed by atoms with Crippen molar-refractivity contribution in [2.24, 2.45) is 11.3 Å². The number of hydrogen-bond acceptors (Lipinski definition) is 4. The van der Waals surface area contributed by atoms with E-state index in [4.69, 9.17) is 4.74 Å². The second-order valence-electron chi connectivity index (χ2n) is 9.63. The molecule has 1 saturated carbocycles. The number of alkyl halides is 1. The highest BCUT2D eigenvalue weighted by Gasteiger charge is 2.51. The van der Waals surface area contributed by atoms with E-state index in [1.54, 1.807) is 0 Å². The second kappa shape index (κ2) is 9.28. The van der Waals surface area contributed by atoms with Gasteiger partial charge in [-0.2, -0.15) is 0 Å². The number of carbonyl (C=O) groups is 2. The van der Waals surface area contributed by atoms with Crippen LogP contribution >= 0.6 is 0 Å². The van der Waals surface area contributed by atoms with Gasteiger partial charge >= 0.3 is 12.1 Å². The Balaban J connectivity index is 1.21. The number of amides is 3.